The molecule has 33 heavy (non-hydrogen) atoms. The SMILES string of the molecule is Cc1cccc2[nH]c(=O)n(CCCC3CN(c4ccc5c(n4)NC(=O)CO5)C(=O)O3)c(=O)c12. The first-order valence-electron chi connectivity index (χ1n) is 10.5. The van der Waals surface area contributed by atoms with Crippen LogP contribution in [0.4, 0.5) is 16.4 Å². The third kappa shape index (κ3) is 3.81. The van der Waals surface area contributed by atoms with Crippen molar-refractivity contribution in [3.63, 3.8) is 0 Å². The van der Waals surface area contributed by atoms with Crippen molar-refractivity contribution in [2.45, 2.75) is 32.4 Å². The second kappa shape index (κ2) is 8.08. The van der Waals surface area contributed by atoms with Crippen molar-refractivity contribution < 1.29 is 19.1 Å². The van der Waals surface area contributed by atoms with Crippen LogP contribution >= 0.6 is 0 Å². The summed E-state index contributed by atoms with van der Waals surface area (Å²) in [6.07, 6.45) is -0.0386. The van der Waals surface area contributed by atoms with Crippen molar-refractivity contribution in [3.8, 4) is 5.75 Å². The Bertz CT molecular complexity index is 1390. The molecule has 3 aromatic rings. The number of benzene rings is 1. The molecule has 1 saturated heterocycles. The smallest absolute Gasteiger partial charge is 0.415 e. The number of ether oxygens (including phenoxy) is 2. The van der Waals surface area contributed by atoms with Gasteiger partial charge in [0.1, 0.15) is 11.9 Å². The number of pyridine rings is 1. The van der Waals surface area contributed by atoms with E-state index in [1.165, 1.54) is 9.47 Å². The van der Waals surface area contributed by atoms with Crippen LogP contribution in [0.25, 0.3) is 10.9 Å². The molecule has 5 rings (SSSR count). The Morgan fingerprint density at radius 3 is 2.85 bits per heavy atom. The van der Waals surface area contributed by atoms with Crippen LogP contribution in [0.1, 0.15) is 18.4 Å². The number of anilines is 2. The summed E-state index contributed by atoms with van der Waals surface area (Å²) >= 11 is 0. The van der Waals surface area contributed by atoms with Crippen LogP contribution in [0.5, 0.6) is 5.75 Å². The number of hydrogen-bond acceptors (Lipinski definition) is 7. The molecular formula is C22H21N5O6. The normalized spacial score (nSPS) is 17.5. The van der Waals surface area contributed by atoms with Gasteiger partial charge in [-0.3, -0.25) is 19.1 Å². The van der Waals surface area contributed by atoms with Gasteiger partial charge in [0, 0.05) is 6.54 Å². The molecule has 11 nitrogen and oxygen atoms in total. The molecule has 2 aliphatic heterocycles. The number of nitrogens with zero attached hydrogens (tertiary/aromatic N) is 3. The highest BCUT2D eigenvalue weighted by Crippen LogP contribution is 2.30. The zero-order valence-electron chi connectivity index (χ0n) is 17.8. The zero-order valence-corrected chi connectivity index (χ0v) is 17.8. The Morgan fingerprint density at radius 2 is 2.00 bits per heavy atom. The average Bonchev–Trinajstić information content (AvgIpc) is 3.15. The van der Waals surface area contributed by atoms with Gasteiger partial charge in [0.25, 0.3) is 11.5 Å². The molecular weight excluding hydrogens is 430 g/mol. The minimum atomic E-state index is -0.549. The van der Waals surface area contributed by atoms with Gasteiger partial charge in [0.05, 0.1) is 17.4 Å². The van der Waals surface area contributed by atoms with Gasteiger partial charge in [-0.05, 0) is 43.5 Å². The number of carbonyl (C=O) groups excluding carboxylic acids is 2. The number of aromatic nitrogens is 3. The Kier molecular flexibility index (Phi) is 5.08. The molecule has 1 fully saturated rings. The molecule has 0 aliphatic carbocycles. The lowest BCUT2D eigenvalue weighted by atomic mass is 10.1. The molecule has 2 aliphatic rings. The maximum atomic E-state index is 12.8. The van der Waals surface area contributed by atoms with Gasteiger partial charge in [0.2, 0.25) is 0 Å². The fraction of sp³-hybridized carbons (Fsp3) is 0.318. The highest BCUT2D eigenvalue weighted by Gasteiger charge is 2.33. The predicted molar refractivity (Wildman–Crippen MR) is 119 cm³/mol. The minimum absolute atomic E-state index is 0.0788. The van der Waals surface area contributed by atoms with Crippen molar-refractivity contribution in [2.75, 3.05) is 23.4 Å². The van der Waals surface area contributed by atoms with Gasteiger partial charge < -0.3 is 19.8 Å². The highest BCUT2D eigenvalue weighted by atomic mass is 16.6. The quantitative estimate of drug-likeness (QED) is 0.600. The molecule has 1 unspecified atom stereocenters. The summed E-state index contributed by atoms with van der Waals surface area (Å²) in [7, 11) is 0. The first-order valence-corrected chi connectivity index (χ1v) is 10.5. The Labute approximate surface area is 186 Å². The number of cyclic esters (lactones) is 1. The van der Waals surface area contributed by atoms with Gasteiger partial charge in [-0.1, -0.05) is 12.1 Å². The van der Waals surface area contributed by atoms with E-state index in [1.54, 1.807) is 24.3 Å². The fourth-order valence-corrected chi connectivity index (χ4v) is 4.11. The Balaban J connectivity index is 1.26. The van der Waals surface area contributed by atoms with Gasteiger partial charge in [-0.15, -0.1) is 0 Å². The summed E-state index contributed by atoms with van der Waals surface area (Å²) in [5, 5.41) is 3.10. The standard InChI is InChI=1S/C22H21N5O6/c1-12-4-2-6-14-18(12)20(29)26(21(30)23-14)9-3-5-13-10-27(22(31)33-13)16-8-7-15-19(24-16)25-17(28)11-32-15/h2,4,6-8,13H,3,5,9-11H2,1H3,(H,23,30)(H,24,25,28). The molecule has 11 heteroatoms. The number of amides is 2. The van der Waals surface area contributed by atoms with Crippen LogP contribution in [0.2, 0.25) is 0 Å². The summed E-state index contributed by atoms with van der Waals surface area (Å²) in [4.78, 5) is 57.5. The fourth-order valence-electron chi connectivity index (χ4n) is 4.11. The van der Waals surface area contributed by atoms with Crippen LogP contribution in [-0.4, -0.2) is 45.8 Å². The lowest BCUT2D eigenvalue weighted by molar-refractivity contribution is -0.118. The van der Waals surface area contributed by atoms with Crippen LogP contribution in [0, 0.1) is 6.92 Å². The maximum Gasteiger partial charge on any atom is 0.415 e. The highest BCUT2D eigenvalue weighted by molar-refractivity contribution is 5.95. The van der Waals surface area contributed by atoms with Crippen LogP contribution in [0.15, 0.2) is 39.9 Å². The third-order valence-electron chi connectivity index (χ3n) is 5.74. The molecule has 2 aromatic heterocycles. The van der Waals surface area contributed by atoms with Crippen molar-refractivity contribution in [1.29, 1.82) is 0 Å². The van der Waals surface area contributed by atoms with E-state index in [4.69, 9.17) is 9.47 Å². The monoisotopic (exact) mass is 451 g/mol. The molecule has 2 amide bonds. The first-order chi connectivity index (χ1) is 15.9. The van der Waals surface area contributed by atoms with Gasteiger partial charge in [-0.25, -0.2) is 14.6 Å². The zero-order chi connectivity index (χ0) is 23.1. The Morgan fingerprint density at radius 1 is 1.15 bits per heavy atom. The molecule has 2 N–H and O–H groups in total. The predicted octanol–water partition coefficient (Wildman–Crippen LogP) is 1.53. The van der Waals surface area contributed by atoms with E-state index in [-0.39, 0.29) is 37.0 Å². The number of aromatic amines is 1. The number of aryl methyl sites for hydroxylation is 1. The molecule has 170 valence electrons. The molecule has 0 bridgehead atoms. The minimum Gasteiger partial charge on any atom is -0.480 e. The van der Waals surface area contributed by atoms with E-state index >= 15 is 0 Å². The number of fused-ring (bicyclic) bond motifs is 2. The molecule has 1 aromatic carbocycles. The number of rotatable bonds is 5. The number of H-pyrrole nitrogens is 1. The number of carbonyl (C=O) groups is 2. The topological polar surface area (TPSA) is 136 Å². The van der Waals surface area contributed by atoms with Crippen molar-refractivity contribution >= 4 is 34.5 Å². The van der Waals surface area contributed by atoms with Crippen molar-refractivity contribution in [2.24, 2.45) is 0 Å². The molecule has 0 spiro atoms. The summed E-state index contributed by atoms with van der Waals surface area (Å²) in [5.41, 5.74) is 0.507. The number of nitrogens with one attached hydrogen (secondary N) is 2. The third-order valence-corrected chi connectivity index (χ3v) is 5.74. The second-order valence-electron chi connectivity index (χ2n) is 8.00. The molecule has 1 atom stereocenters. The summed E-state index contributed by atoms with van der Waals surface area (Å²) in [6, 6.07) is 8.57. The van der Waals surface area contributed by atoms with Crippen LogP contribution < -0.4 is 26.2 Å². The molecule has 0 radical (unpaired) electrons. The van der Waals surface area contributed by atoms with Gasteiger partial charge >= 0.3 is 11.8 Å². The molecule has 0 saturated carbocycles. The second-order valence-corrected chi connectivity index (χ2v) is 8.00. The molecule has 4 heterocycles. The van der Waals surface area contributed by atoms with Crippen LogP contribution in [-0.2, 0) is 16.1 Å². The summed E-state index contributed by atoms with van der Waals surface area (Å²) < 4.78 is 11.9. The van der Waals surface area contributed by atoms with Gasteiger partial charge in [-0.2, -0.15) is 0 Å². The largest absolute Gasteiger partial charge is 0.480 e. The number of hydrogen-bond donors (Lipinski definition) is 2. The van der Waals surface area contributed by atoms with E-state index in [0.717, 1.165) is 5.56 Å². The van der Waals surface area contributed by atoms with Crippen molar-refractivity contribution in [3.05, 3.63) is 56.7 Å². The van der Waals surface area contributed by atoms with Crippen LogP contribution in [0.3, 0.4) is 0 Å². The van der Waals surface area contributed by atoms with E-state index in [9.17, 15) is 19.2 Å². The Hall–Kier alpha value is -4.15. The summed E-state index contributed by atoms with van der Waals surface area (Å²) in [6.45, 7) is 2.21. The summed E-state index contributed by atoms with van der Waals surface area (Å²) in [5.74, 6) is 0.710. The first kappa shape index (κ1) is 20.7. The average molecular weight is 451 g/mol. The lowest BCUT2D eigenvalue weighted by Gasteiger charge is -2.19. The van der Waals surface area contributed by atoms with E-state index in [0.29, 0.717) is 35.3 Å². The van der Waals surface area contributed by atoms with E-state index in [2.05, 4.69) is 15.3 Å². The van der Waals surface area contributed by atoms with E-state index in [1.807, 2.05) is 13.0 Å². The lowest BCUT2D eigenvalue weighted by Crippen LogP contribution is -2.35. The van der Waals surface area contributed by atoms with E-state index < -0.39 is 17.9 Å². The maximum absolute atomic E-state index is 12.8. The van der Waals surface area contributed by atoms with Crippen molar-refractivity contribution in [1.82, 2.24) is 14.5 Å². The van der Waals surface area contributed by atoms with Gasteiger partial charge in [0.15, 0.2) is 18.2 Å².